The van der Waals surface area contributed by atoms with Gasteiger partial charge in [0.15, 0.2) is 0 Å². The molecule has 0 aliphatic heterocycles. The Morgan fingerprint density at radius 2 is 1.00 bits per heavy atom. The van der Waals surface area contributed by atoms with Gasteiger partial charge in [-0.05, 0) is 92.6 Å². The van der Waals surface area contributed by atoms with Gasteiger partial charge in [-0.15, -0.1) is 11.3 Å². The minimum absolute atomic E-state index is 0.693. The van der Waals surface area contributed by atoms with Gasteiger partial charge in [-0.25, -0.2) is 0 Å². The fraction of sp³-hybridized carbons (Fsp3) is 0.625. The van der Waals surface area contributed by atoms with E-state index in [0.29, 0.717) is 11.8 Å². The second-order valence-corrected chi connectivity index (χ2v) is 14.6. The summed E-state index contributed by atoms with van der Waals surface area (Å²) in [5.41, 5.74) is 0. The highest BCUT2D eigenvalue weighted by Gasteiger charge is 2.14. The minimum Gasteiger partial charge on any atom is -0.492 e. The van der Waals surface area contributed by atoms with Crippen LogP contribution >= 0.6 is 43.2 Å². The third-order valence-electron chi connectivity index (χ3n) is 7.27. The maximum Gasteiger partial charge on any atom is 0.134 e. The van der Waals surface area contributed by atoms with Gasteiger partial charge < -0.3 is 9.47 Å². The monoisotopic (exact) mass is 652 g/mol. The van der Waals surface area contributed by atoms with E-state index in [2.05, 4.69) is 97.7 Å². The molecule has 2 atom stereocenters. The van der Waals surface area contributed by atoms with Crippen molar-refractivity contribution in [2.24, 2.45) is 23.7 Å². The van der Waals surface area contributed by atoms with E-state index in [9.17, 15) is 0 Å². The summed E-state index contributed by atoms with van der Waals surface area (Å²) in [6.45, 7) is 15.4. The first kappa shape index (κ1) is 30.8. The molecule has 0 bridgehead atoms. The van der Waals surface area contributed by atoms with E-state index in [0.717, 1.165) is 58.3 Å². The lowest BCUT2D eigenvalue weighted by molar-refractivity contribution is 0.274. The van der Waals surface area contributed by atoms with Gasteiger partial charge in [0.1, 0.15) is 11.5 Å². The van der Waals surface area contributed by atoms with Gasteiger partial charge in [-0.1, -0.05) is 80.1 Å². The van der Waals surface area contributed by atoms with Crippen molar-refractivity contribution in [1.82, 2.24) is 0 Å². The summed E-state index contributed by atoms with van der Waals surface area (Å²) in [7, 11) is 0. The number of rotatable bonds is 16. The quantitative estimate of drug-likeness (QED) is 0.153. The van der Waals surface area contributed by atoms with Crippen LogP contribution in [0.15, 0.2) is 33.2 Å². The Morgan fingerprint density at radius 1 is 0.595 bits per heavy atom. The molecule has 206 valence electrons. The first-order valence-corrected chi connectivity index (χ1v) is 16.6. The van der Waals surface area contributed by atoms with Gasteiger partial charge in [0.05, 0.1) is 22.2 Å². The molecular formula is C32H46Br2O2S. The molecule has 0 spiro atoms. The van der Waals surface area contributed by atoms with Crippen LogP contribution in [0.25, 0.3) is 20.2 Å². The molecule has 0 amide bonds. The molecule has 0 aliphatic carbocycles. The fourth-order valence-corrected chi connectivity index (χ4v) is 7.14. The zero-order valence-electron chi connectivity index (χ0n) is 23.7. The highest BCUT2D eigenvalue weighted by Crippen LogP contribution is 2.43. The number of fused-ring (bicyclic) bond motifs is 3. The molecule has 0 aliphatic rings. The summed E-state index contributed by atoms with van der Waals surface area (Å²) in [6.07, 6.45) is 10.0. The molecule has 3 rings (SSSR count). The largest absolute Gasteiger partial charge is 0.492 e. The van der Waals surface area contributed by atoms with Crippen LogP contribution in [0.3, 0.4) is 0 Å². The van der Waals surface area contributed by atoms with E-state index in [1.165, 1.54) is 58.7 Å². The van der Waals surface area contributed by atoms with Crippen molar-refractivity contribution in [2.75, 3.05) is 13.2 Å². The second-order valence-electron chi connectivity index (χ2n) is 11.8. The standard InChI is InChI=1S/C32H46Br2O2S/c1-21(2)9-7-11-23(5)13-15-35-29-17-25-26-18-30(36-16-14-24(6)12-8-10-22(3)4)28(34)20-32(26)37-31(25)19-27(29)33/h17-24H,7-16H2,1-6H3. The van der Waals surface area contributed by atoms with Crippen LogP contribution in [-0.4, -0.2) is 13.2 Å². The SMILES string of the molecule is CC(C)CCCC(C)CCOc1cc2c(cc1Br)sc1cc(Br)c(OCCC(C)CCCC(C)C)cc12. The van der Waals surface area contributed by atoms with Gasteiger partial charge >= 0.3 is 0 Å². The summed E-state index contributed by atoms with van der Waals surface area (Å²) in [5.74, 6) is 4.84. The normalized spacial score (nSPS) is 13.7. The molecule has 0 fully saturated rings. The number of benzene rings is 2. The maximum atomic E-state index is 6.27. The Bertz CT molecular complexity index is 1030. The number of hydrogen-bond acceptors (Lipinski definition) is 3. The van der Waals surface area contributed by atoms with Crippen LogP contribution < -0.4 is 9.47 Å². The van der Waals surface area contributed by atoms with E-state index in [1.54, 1.807) is 0 Å². The van der Waals surface area contributed by atoms with E-state index >= 15 is 0 Å². The molecule has 1 heterocycles. The maximum absolute atomic E-state index is 6.27. The Morgan fingerprint density at radius 3 is 1.38 bits per heavy atom. The van der Waals surface area contributed by atoms with Crippen LogP contribution in [0, 0.1) is 23.7 Å². The first-order chi connectivity index (χ1) is 17.6. The summed E-state index contributed by atoms with van der Waals surface area (Å²) >= 11 is 9.32. The lowest BCUT2D eigenvalue weighted by Crippen LogP contribution is -2.05. The highest BCUT2D eigenvalue weighted by atomic mass is 79.9. The lowest BCUT2D eigenvalue weighted by atomic mass is 9.98. The van der Waals surface area contributed by atoms with Crippen LogP contribution in [-0.2, 0) is 0 Å². The van der Waals surface area contributed by atoms with Crippen molar-refractivity contribution in [3.05, 3.63) is 33.2 Å². The Hall–Kier alpha value is -0.780. The molecule has 0 saturated carbocycles. The minimum atomic E-state index is 0.693. The third-order valence-corrected chi connectivity index (χ3v) is 9.63. The predicted octanol–water partition coefficient (Wildman–Crippen LogP) is 12.0. The predicted molar refractivity (Wildman–Crippen MR) is 171 cm³/mol. The number of thiophene rings is 1. The molecule has 2 nitrogen and oxygen atoms in total. The number of halogens is 2. The zero-order valence-corrected chi connectivity index (χ0v) is 27.7. The van der Waals surface area contributed by atoms with Gasteiger partial charge in [-0.2, -0.15) is 0 Å². The topological polar surface area (TPSA) is 18.5 Å². The van der Waals surface area contributed by atoms with Gasteiger partial charge in [0, 0.05) is 20.2 Å². The molecule has 37 heavy (non-hydrogen) atoms. The average Bonchev–Trinajstić information content (AvgIpc) is 3.14. The van der Waals surface area contributed by atoms with E-state index in [4.69, 9.17) is 9.47 Å². The zero-order chi connectivity index (χ0) is 26.9. The highest BCUT2D eigenvalue weighted by molar-refractivity contribution is 9.11. The van der Waals surface area contributed by atoms with Crippen LogP contribution in [0.2, 0.25) is 0 Å². The molecule has 0 radical (unpaired) electrons. The Labute approximate surface area is 246 Å². The average molecular weight is 655 g/mol. The Kier molecular flexibility index (Phi) is 12.6. The van der Waals surface area contributed by atoms with E-state index in [1.807, 2.05) is 11.3 Å². The van der Waals surface area contributed by atoms with Crippen molar-refractivity contribution in [3.8, 4) is 11.5 Å². The molecule has 5 heteroatoms. The van der Waals surface area contributed by atoms with Crippen molar-refractivity contribution in [3.63, 3.8) is 0 Å². The van der Waals surface area contributed by atoms with Gasteiger partial charge in [0.25, 0.3) is 0 Å². The molecule has 1 aromatic heterocycles. The smallest absolute Gasteiger partial charge is 0.134 e. The molecule has 3 aromatic rings. The summed E-state index contributed by atoms with van der Waals surface area (Å²) < 4.78 is 17.1. The fourth-order valence-electron chi connectivity index (χ4n) is 4.78. The second kappa shape index (κ2) is 15.1. The summed E-state index contributed by atoms with van der Waals surface area (Å²) in [4.78, 5) is 0. The van der Waals surface area contributed by atoms with Crippen molar-refractivity contribution in [1.29, 1.82) is 0 Å². The molecular weight excluding hydrogens is 608 g/mol. The van der Waals surface area contributed by atoms with Gasteiger partial charge in [0.2, 0.25) is 0 Å². The molecule has 2 aromatic carbocycles. The molecule has 2 unspecified atom stereocenters. The van der Waals surface area contributed by atoms with Crippen LogP contribution in [0.5, 0.6) is 11.5 Å². The third kappa shape index (κ3) is 9.72. The lowest BCUT2D eigenvalue weighted by Gasteiger charge is -2.14. The van der Waals surface area contributed by atoms with E-state index in [-0.39, 0.29) is 0 Å². The van der Waals surface area contributed by atoms with Crippen molar-refractivity contribution >= 4 is 63.4 Å². The first-order valence-electron chi connectivity index (χ1n) is 14.2. The number of ether oxygens (including phenoxy) is 2. The Balaban J connectivity index is 1.63. The van der Waals surface area contributed by atoms with Crippen molar-refractivity contribution in [2.45, 2.75) is 92.9 Å². The molecule has 0 N–H and O–H groups in total. The summed E-state index contributed by atoms with van der Waals surface area (Å²) in [5, 5.41) is 2.48. The number of hydrogen-bond donors (Lipinski definition) is 0. The van der Waals surface area contributed by atoms with Crippen LogP contribution in [0.4, 0.5) is 0 Å². The van der Waals surface area contributed by atoms with Crippen LogP contribution in [0.1, 0.15) is 92.9 Å². The van der Waals surface area contributed by atoms with Gasteiger partial charge in [-0.3, -0.25) is 0 Å². The summed E-state index contributed by atoms with van der Waals surface area (Å²) in [6, 6.07) is 8.82. The molecule has 0 saturated heterocycles. The van der Waals surface area contributed by atoms with E-state index < -0.39 is 0 Å². The van der Waals surface area contributed by atoms with Crippen molar-refractivity contribution < 1.29 is 9.47 Å².